The molecule has 2 heteroatoms. The summed E-state index contributed by atoms with van der Waals surface area (Å²) in [6.07, 6.45) is 12.8. The van der Waals surface area contributed by atoms with Gasteiger partial charge in [-0.25, -0.2) is 0 Å². The summed E-state index contributed by atoms with van der Waals surface area (Å²) < 4.78 is 6.68. The van der Waals surface area contributed by atoms with Crippen molar-refractivity contribution in [2.24, 2.45) is 0 Å². The number of nitrogens with zero attached hydrogens (tertiary/aromatic N) is 1. The van der Waals surface area contributed by atoms with Crippen molar-refractivity contribution in [2.45, 2.75) is 82.6 Å². The Kier molecular flexibility index (Phi) is 6.51. The van der Waals surface area contributed by atoms with Crippen LogP contribution in [0, 0.1) is 0 Å². The average Bonchev–Trinajstić information content (AvgIpc) is 2.85. The van der Waals surface area contributed by atoms with Crippen molar-refractivity contribution in [2.75, 3.05) is 6.54 Å². The van der Waals surface area contributed by atoms with Gasteiger partial charge >= 0.3 is 0 Å². The van der Waals surface area contributed by atoms with E-state index in [-0.39, 0.29) is 6.10 Å². The van der Waals surface area contributed by atoms with Crippen LogP contribution in [0.4, 0.5) is 0 Å². The number of rotatable bonds is 9. The van der Waals surface area contributed by atoms with E-state index in [9.17, 15) is 0 Å². The average molecular weight is 328 g/mol. The van der Waals surface area contributed by atoms with Gasteiger partial charge in [-0.2, -0.15) is 0 Å². The topological polar surface area (TPSA) is 12.5 Å². The summed E-state index contributed by atoms with van der Waals surface area (Å²) in [4.78, 5) is 2.65. The Morgan fingerprint density at radius 1 is 1.17 bits per heavy atom. The lowest BCUT2D eigenvalue weighted by Crippen LogP contribution is -2.45. The minimum atomic E-state index is 0.271. The van der Waals surface area contributed by atoms with Crippen LogP contribution < -0.4 is 0 Å². The van der Waals surface area contributed by atoms with Crippen LogP contribution in [0.1, 0.15) is 70.0 Å². The summed E-state index contributed by atoms with van der Waals surface area (Å²) in [5.41, 5.74) is 1.36. The van der Waals surface area contributed by atoms with Crippen LogP contribution in [-0.4, -0.2) is 29.6 Å². The van der Waals surface area contributed by atoms with E-state index in [4.69, 9.17) is 4.74 Å². The van der Waals surface area contributed by atoms with Crippen molar-refractivity contribution < 1.29 is 4.74 Å². The summed E-state index contributed by atoms with van der Waals surface area (Å²) >= 11 is 0. The Morgan fingerprint density at radius 2 is 1.88 bits per heavy atom. The van der Waals surface area contributed by atoms with Gasteiger partial charge in [-0.15, -0.1) is 6.58 Å². The van der Waals surface area contributed by atoms with Gasteiger partial charge < -0.3 is 4.74 Å². The van der Waals surface area contributed by atoms with Crippen LogP contribution in [-0.2, 0) is 4.74 Å². The maximum atomic E-state index is 6.68. The molecule has 24 heavy (non-hydrogen) atoms. The molecule has 2 aliphatic rings. The molecule has 2 heterocycles. The maximum absolute atomic E-state index is 6.68. The van der Waals surface area contributed by atoms with Gasteiger partial charge in [-0.1, -0.05) is 62.6 Å². The van der Waals surface area contributed by atoms with Crippen LogP contribution in [0.3, 0.4) is 0 Å². The van der Waals surface area contributed by atoms with E-state index in [0.717, 1.165) is 13.0 Å². The highest BCUT2D eigenvalue weighted by atomic mass is 16.5. The molecule has 2 fully saturated rings. The first-order valence-corrected chi connectivity index (χ1v) is 9.88. The van der Waals surface area contributed by atoms with Crippen molar-refractivity contribution in [3.8, 4) is 0 Å². The Hall–Kier alpha value is -1.12. The van der Waals surface area contributed by atoms with Gasteiger partial charge in [-0.3, -0.25) is 4.90 Å². The summed E-state index contributed by atoms with van der Waals surface area (Å²) in [5.74, 6) is 0. The lowest BCUT2D eigenvalue weighted by atomic mass is 9.97. The lowest BCUT2D eigenvalue weighted by Gasteiger charge is -2.39. The molecule has 0 amide bonds. The van der Waals surface area contributed by atoms with Crippen LogP contribution in [0.15, 0.2) is 43.0 Å². The van der Waals surface area contributed by atoms with Crippen molar-refractivity contribution >= 4 is 0 Å². The minimum Gasteiger partial charge on any atom is -0.370 e. The molecule has 132 valence electrons. The van der Waals surface area contributed by atoms with Gasteiger partial charge in [0.1, 0.15) is 0 Å². The number of piperidine rings is 1. The normalized spacial score (nSPS) is 28.0. The van der Waals surface area contributed by atoms with E-state index in [1.165, 1.54) is 50.5 Å². The summed E-state index contributed by atoms with van der Waals surface area (Å²) in [6.45, 7) is 7.24. The molecule has 2 nitrogen and oxygen atoms in total. The fraction of sp³-hybridized carbons (Fsp3) is 0.636. The highest BCUT2D eigenvalue weighted by Crippen LogP contribution is 2.39. The minimum absolute atomic E-state index is 0.271. The number of unbranched alkanes of at least 4 members (excludes halogenated alkanes) is 2. The highest BCUT2D eigenvalue weighted by Gasteiger charge is 2.41. The Labute approximate surface area is 147 Å². The van der Waals surface area contributed by atoms with E-state index in [1.807, 2.05) is 0 Å². The second kappa shape index (κ2) is 8.82. The molecule has 1 aromatic rings. The van der Waals surface area contributed by atoms with Crippen LogP contribution in [0.2, 0.25) is 0 Å². The first-order chi connectivity index (χ1) is 11.8. The standard InChI is InChI=1S/C22H33NO/c1-3-5-7-12-22(18-10-8-6-9-11-18)24-21-16-19-13-14-20(17-21)23(19)15-4-2/h4,6,8-11,19-22H,2-3,5,7,12-17H2,1H3/t19-,20+,21?,22?. The smallest absolute Gasteiger partial charge is 0.0828 e. The second-order valence-electron chi connectivity index (χ2n) is 7.50. The SMILES string of the molecule is C=CCN1[C@@H]2CC[C@H]1CC(OC(CCCCC)c1ccccc1)C2. The molecule has 4 atom stereocenters. The van der Waals surface area contributed by atoms with E-state index >= 15 is 0 Å². The molecular formula is C22H33NO. The van der Waals surface area contributed by atoms with Gasteiger partial charge in [0.2, 0.25) is 0 Å². The molecule has 2 unspecified atom stereocenters. The number of ether oxygens (including phenoxy) is 1. The van der Waals surface area contributed by atoms with Crippen LogP contribution in [0.5, 0.6) is 0 Å². The van der Waals surface area contributed by atoms with E-state index in [1.54, 1.807) is 0 Å². The van der Waals surface area contributed by atoms with Crippen molar-refractivity contribution in [1.29, 1.82) is 0 Å². The van der Waals surface area contributed by atoms with E-state index < -0.39 is 0 Å². The first kappa shape index (κ1) is 17.7. The number of fused-ring (bicyclic) bond motifs is 2. The van der Waals surface area contributed by atoms with Gasteiger partial charge in [-0.05, 0) is 37.7 Å². The molecule has 0 N–H and O–H groups in total. The van der Waals surface area contributed by atoms with Crippen molar-refractivity contribution in [3.05, 3.63) is 48.6 Å². The lowest BCUT2D eigenvalue weighted by molar-refractivity contribution is -0.0640. The predicted octanol–water partition coefficient (Wildman–Crippen LogP) is 5.51. The Bertz CT molecular complexity index is 486. The zero-order valence-corrected chi connectivity index (χ0v) is 15.2. The van der Waals surface area contributed by atoms with Crippen LogP contribution >= 0.6 is 0 Å². The van der Waals surface area contributed by atoms with Crippen LogP contribution in [0.25, 0.3) is 0 Å². The fourth-order valence-electron chi connectivity index (χ4n) is 4.58. The highest BCUT2D eigenvalue weighted by molar-refractivity contribution is 5.17. The fourth-order valence-corrected chi connectivity index (χ4v) is 4.58. The van der Waals surface area contributed by atoms with Gasteiger partial charge in [0.15, 0.2) is 0 Å². The van der Waals surface area contributed by atoms with E-state index in [2.05, 4.69) is 54.8 Å². The summed E-state index contributed by atoms with van der Waals surface area (Å²) in [6, 6.07) is 12.3. The summed E-state index contributed by atoms with van der Waals surface area (Å²) in [5, 5.41) is 0. The third kappa shape index (κ3) is 4.29. The van der Waals surface area contributed by atoms with Crippen molar-refractivity contribution in [3.63, 3.8) is 0 Å². The molecule has 3 rings (SSSR count). The Morgan fingerprint density at radius 3 is 2.50 bits per heavy atom. The molecule has 0 radical (unpaired) electrons. The molecule has 2 aliphatic heterocycles. The first-order valence-electron chi connectivity index (χ1n) is 9.88. The molecule has 0 saturated carbocycles. The maximum Gasteiger partial charge on any atom is 0.0828 e. The zero-order valence-electron chi connectivity index (χ0n) is 15.2. The summed E-state index contributed by atoms with van der Waals surface area (Å²) in [7, 11) is 0. The van der Waals surface area contributed by atoms with Crippen molar-refractivity contribution in [1.82, 2.24) is 4.90 Å². The molecule has 1 aromatic carbocycles. The van der Waals surface area contributed by atoms with Gasteiger partial charge in [0, 0.05) is 18.6 Å². The van der Waals surface area contributed by atoms with Gasteiger partial charge in [0.25, 0.3) is 0 Å². The number of hydrogen-bond acceptors (Lipinski definition) is 2. The number of hydrogen-bond donors (Lipinski definition) is 0. The molecule has 0 spiro atoms. The molecule has 2 bridgehead atoms. The Balaban J connectivity index is 1.62. The molecule has 0 aliphatic carbocycles. The molecular weight excluding hydrogens is 294 g/mol. The quantitative estimate of drug-likeness (QED) is 0.438. The molecule has 2 saturated heterocycles. The van der Waals surface area contributed by atoms with Gasteiger partial charge in [0.05, 0.1) is 12.2 Å². The molecule has 0 aromatic heterocycles. The third-order valence-electron chi connectivity index (χ3n) is 5.78. The largest absolute Gasteiger partial charge is 0.370 e. The zero-order chi connectivity index (χ0) is 16.8. The predicted molar refractivity (Wildman–Crippen MR) is 101 cm³/mol. The third-order valence-corrected chi connectivity index (χ3v) is 5.78. The second-order valence-corrected chi connectivity index (χ2v) is 7.50. The van der Waals surface area contributed by atoms with E-state index in [0.29, 0.717) is 18.2 Å². The monoisotopic (exact) mass is 327 g/mol. The number of benzene rings is 1.